The first-order valence-corrected chi connectivity index (χ1v) is 7.14. The summed E-state index contributed by atoms with van der Waals surface area (Å²) in [5.41, 5.74) is 2.26. The number of hydrogen-bond acceptors (Lipinski definition) is 3. The molecule has 0 spiro atoms. The highest BCUT2D eigenvalue weighted by Gasteiger charge is 2.18. The highest BCUT2D eigenvalue weighted by atomic mass is 16.1. The van der Waals surface area contributed by atoms with Gasteiger partial charge in [-0.3, -0.25) is 9.78 Å². The van der Waals surface area contributed by atoms with Crippen LogP contribution in [-0.4, -0.2) is 15.5 Å². The number of nitrogens with one attached hydrogen (secondary N) is 1. The van der Waals surface area contributed by atoms with E-state index < -0.39 is 0 Å². The quantitative estimate of drug-likeness (QED) is 0.805. The van der Waals surface area contributed by atoms with Crippen LogP contribution in [0.25, 0.3) is 5.69 Å². The summed E-state index contributed by atoms with van der Waals surface area (Å²) < 4.78 is 1.71. The summed E-state index contributed by atoms with van der Waals surface area (Å²) in [6.45, 7) is 0.310. The first kappa shape index (κ1) is 14.5. The van der Waals surface area contributed by atoms with Crippen LogP contribution in [0.1, 0.15) is 21.7 Å². The first-order valence-electron chi connectivity index (χ1n) is 7.14. The molecule has 23 heavy (non-hydrogen) atoms. The molecule has 0 fully saturated rings. The van der Waals surface area contributed by atoms with Crippen LogP contribution in [-0.2, 0) is 6.54 Å². The van der Waals surface area contributed by atoms with Crippen LogP contribution >= 0.6 is 0 Å². The Morgan fingerprint density at radius 2 is 1.91 bits per heavy atom. The van der Waals surface area contributed by atoms with Crippen molar-refractivity contribution in [3.05, 3.63) is 83.9 Å². The molecule has 2 heterocycles. The number of pyridine rings is 1. The van der Waals surface area contributed by atoms with Gasteiger partial charge >= 0.3 is 0 Å². The summed E-state index contributed by atoms with van der Waals surface area (Å²) in [5, 5.41) is 12.1. The molecule has 5 nitrogen and oxygen atoms in total. The molecule has 3 rings (SSSR count). The van der Waals surface area contributed by atoms with E-state index in [1.807, 2.05) is 48.5 Å². The van der Waals surface area contributed by atoms with E-state index in [4.69, 9.17) is 0 Å². The average molecular weight is 302 g/mol. The molecule has 2 aromatic heterocycles. The van der Waals surface area contributed by atoms with Crippen LogP contribution in [0.3, 0.4) is 0 Å². The van der Waals surface area contributed by atoms with Gasteiger partial charge in [0.1, 0.15) is 11.8 Å². The molecular weight excluding hydrogens is 288 g/mol. The molecule has 0 aliphatic heterocycles. The third-order valence-electron chi connectivity index (χ3n) is 3.41. The minimum absolute atomic E-state index is 0.305. The SMILES string of the molecule is N#Cc1ccn(-c2ccccc2)c1C(=O)NCc1ccccn1. The number of benzene rings is 1. The number of nitrogens with zero attached hydrogens (tertiary/aromatic N) is 3. The van der Waals surface area contributed by atoms with E-state index in [9.17, 15) is 10.1 Å². The number of hydrogen-bond donors (Lipinski definition) is 1. The van der Waals surface area contributed by atoms with Crippen molar-refractivity contribution in [3.8, 4) is 11.8 Å². The van der Waals surface area contributed by atoms with Crippen LogP contribution in [0, 0.1) is 11.3 Å². The van der Waals surface area contributed by atoms with E-state index in [-0.39, 0.29) is 5.91 Å². The predicted octanol–water partition coefficient (Wildman–Crippen LogP) is 2.67. The fourth-order valence-corrected chi connectivity index (χ4v) is 2.32. The van der Waals surface area contributed by atoms with Gasteiger partial charge in [0.2, 0.25) is 0 Å². The van der Waals surface area contributed by atoms with Crippen molar-refractivity contribution in [1.29, 1.82) is 5.26 Å². The van der Waals surface area contributed by atoms with Gasteiger partial charge in [-0.1, -0.05) is 24.3 Å². The number of aromatic nitrogens is 2. The lowest BCUT2D eigenvalue weighted by Crippen LogP contribution is -2.26. The van der Waals surface area contributed by atoms with E-state index in [2.05, 4.69) is 16.4 Å². The lowest BCUT2D eigenvalue weighted by molar-refractivity contribution is 0.0943. The second-order valence-electron chi connectivity index (χ2n) is 4.90. The number of amides is 1. The van der Waals surface area contributed by atoms with Crippen LogP contribution < -0.4 is 5.32 Å². The zero-order chi connectivity index (χ0) is 16.1. The summed E-state index contributed by atoms with van der Waals surface area (Å²) in [6, 6.07) is 18.7. The van der Waals surface area contributed by atoms with Gasteiger partial charge in [0.05, 0.1) is 17.8 Å². The molecular formula is C18H14N4O. The van der Waals surface area contributed by atoms with Gasteiger partial charge in [0, 0.05) is 18.1 Å². The van der Waals surface area contributed by atoms with E-state index >= 15 is 0 Å². The Morgan fingerprint density at radius 1 is 1.13 bits per heavy atom. The lowest BCUT2D eigenvalue weighted by atomic mass is 10.2. The molecule has 0 aliphatic rings. The summed E-state index contributed by atoms with van der Waals surface area (Å²) in [4.78, 5) is 16.7. The summed E-state index contributed by atoms with van der Waals surface area (Å²) in [7, 11) is 0. The van der Waals surface area contributed by atoms with Crippen LogP contribution in [0.15, 0.2) is 67.0 Å². The minimum atomic E-state index is -0.305. The Morgan fingerprint density at radius 3 is 2.61 bits per heavy atom. The molecule has 1 amide bonds. The monoisotopic (exact) mass is 302 g/mol. The van der Waals surface area contributed by atoms with Crippen molar-refractivity contribution in [2.45, 2.75) is 6.54 Å². The van der Waals surface area contributed by atoms with Crippen molar-refractivity contribution >= 4 is 5.91 Å². The standard InChI is InChI=1S/C18H14N4O/c19-12-14-9-11-22(16-7-2-1-3-8-16)17(14)18(23)21-13-15-6-4-5-10-20-15/h1-11H,13H2,(H,21,23). The molecule has 0 bridgehead atoms. The van der Waals surface area contributed by atoms with Crippen molar-refractivity contribution in [2.75, 3.05) is 0 Å². The van der Waals surface area contributed by atoms with E-state index in [1.54, 1.807) is 23.0 Å². The topological polar surface area (TPSA) is 70.7 Å². The summed E-state index contributed by atoms with van der Waals surface area (Å²) >= 11 is 0. The van der Waals surface area contributed by atoms with Gasteiger partial charge in [0.25, 0.3) is 5.91 Å². The van der Waals surface area contributed by atoms with Gasteiger partial charge in [-0.25, -0.2) is 0 Å². The van der Waals surface area contributed by atoms with Gasteiger partial charge in [-0.2, -0.15) is 5.26 Å². The zero-order valence-corrected chi connectivity index (χ0v) is 12.3. The number of para-hydroxylation sites is 1. The average Bonchev–Trinajstić information content (AvgIpc) is 3.05. The maximum Gasteiger partial charge on any atom is 0.269 e. The molecule has 5 heteroatoms. The molecule has 0 atom stereocenters. The van der Waals surface area contributed by atoms with Crippen molar-refractivity contribution in [3.63, 3.8) is 0 Å². The maximum absolute atomic E-state index is 12.5. The Balaban J connectivity index is 1.88. The number of rotatable bonds is 4. The van der Waals surface area contributed by atoms with Gasteiger partial charge in [0.15, 0.2) is 0 Å². The number of nitriles is 1. The molecule has 112 valence electrons. The largest absolute Gasteiger partial charge is 0.345 e. The fraction of sp³-hybridized carbons (Fsp3) is 0.0556. The molecule has 0 saturated heterocycles. The second kappa shape index (κ2) is 6.58. The Hall–Kier alpha value is -3.39. The van der Waals surface area contributed by atoms with Crippen molar-refractivity contribution in [1.82, 2.24) is 14.9 Å². The highest BCUT2D eigenvalue weighted by Crippen LogP contribution is 2.17. The molecule has 0 aliphatic carbocycles. The third-order valence-corrected chi connectivity index (χ3v) is 3.41. The van der Waals surface area contributed by atoms with E-state index in [1.165, 1.54) is 0 Å². The van der Waals surface area contributed by atoms with Gasteiger partial charge < -0.3 is 9.88 Å². The van der Waals surface area contributed by atoms with E-state index in [0.29, 0.717) is 17.8 Å². The normalized spacial score (nSPS) is 10.0. The maximum atomic E-state index is 12.5. The Kier molecular flexibility index (Phi) is 4.16. The van der Waals surface area contributed by atoms with Crippen molar-refractivity contribution in [2.24, 2.45) is 0 Å². The second-order valence-corrected chi connectivity index (χ2v) is 4.90. The molecule has 1 N–H and O–H groups in total. The Labute approximate surface area is 133 Å². The highest BCUT2D eigenvalue weighted by molar-refractivity contribution is 5.95. The number of carbonyl (C=O) groups is 1. The first-order chi connectivity index (χ1) is 11.3. The van der Waals surface area contributed by atoms with Gasteiger partial charge in [-0.05, 0) is 30.3 Å². The lowest BCUT2D eigenvalue weighted by Gasteiger charge is -2.10. The fourth-order valence-electron chi connectivity index (χ4n) is 2.32. The summed E-state index contributed by atoms with van der Waals surface area (Å²) in [5.74, 6) is -0.305. The van der Waals surface area contributed by atoms with Crippen LogP contribution in [0.4, 0.5) is 0 Å². The minimum Gasteiger partial charge on any atom is -0.345 e. The third kappa shape index (κ3) is 3.11. The molecule has 3 aromatic rings. The zero-order valence-electron chi connectivity index (χ0n) is 12.3. The van der Waals surface area contributed by atoms with E-state index in [0.717, 1.165) is 11.4 Å². The molecule has 0 saturated carbocycles. The van der Waals surface area contributed by atoms with Crippen LogP contribution in [0.2, 0.25) is 0 Å². The van der Waals surface area contributed by atoms with Gasteiger partial charge in [-0.15, -0.1) is 0 Å². The molecule has 0 unspecified atom stereocenters. The molecule has 1 aromatic carbocycles. The smallest absolute Gasteiger partial charge is 0.269 e. The number of carbonyl (C=O) groups excluding carboxylic acids is 1. The Bertz CT molecular complexity index is 848. The predicted molar refractivity (Wildman–Crippen MR) is 85.9 cm³/mol. The summed E-state index contributed by atoms with van der Waals surface area (Å²) in [6.07, 6.45) is 3.40. The van der Waals surface area contributed by atoms with Crippen molar-refractivity contribution < 1.29 is 4.79 Å². The van der Waals surface area contributed by atoms with Crippen LogP contribution in [0.5, 0.6) is 0 Å². The molecule has 0 radical (unpaired) electrons.